The minimum absolute atomic E-state index is 0.157. The smallest absolute Gasteiger partial charge is 0.410 e. The van der Waals surface area contributed by atoms with E-state index in [1.54, 1.807) is 0 Å². The van der Waals surface area contributed by atoms with E-state index in [0.29, 0.717) is 13.0 Å². The minimum Gasteiger partial charge on any atom is -0.481 e. The largest absolute Gasteiger partial charge is 0.481 e. The molecular weight excluding hydrogens is 222 g/mol. The number of piperidine rings is 1. The van der Waals surface area contributed by atoms with E-state index in [1.807, 2.05) is 6.92 Å². The number of aliphatic carboxylic acids is 1. The summed E-state index contributed by atoms with van der Waals surface area (Å²) in [6.07, 6.45) is 2.55. The number of carboxylic acids is 1. The maximum Gasteiger partial charge on any atom is 0.410 e. The minimum atomic E-state index is -0.843. The zero-order valence-corrected chi connectivity index (χ0v) is 10.1. The molecule has 1 heterocycles. The van der Waals surface area contributed by atoms with Gasteiger partial charge in [-0.3, -0.25) is 4.79 Å². The molecule has 0 aromatic heterocycles. The molecule has 1 rings (SSSR count). The van der Waals surface area contributed by atoms with Crippen molar-refractivity contribution in [3.05, 3.63) is 12.7 Å². The monoisotopic (exact) mass is 241 g/mol. The van der Waals surface area contributed by atoms with Gasteiger partial charge >= 0.3 is 12.1 Å². The van der Waals surface area contributed by atoms with Crippen molar-refractivity contribution in [2.45, 2.75) is 19.8 Å². The van der Waals surface area contributed by atoms with E-state index in [-0.39, 0.29) is 19.1 Å². The van der Waals surface area contributed by atoms with Crippen LogP contribution in [0, 0.1) is 11.8 Å². The predicted molar refractivity (Wildman–Crippen MR) is 62.6 cm³/mol. The van der Waals surface area contributed by atoms with Gasteiger partial charge in [0.25, 0.3) is 0 Å². The van der Waals surface area contributed by atoms with Crippen LogP contribution in [0.5, 0.6) is 0 Å². The van der Waals surface area contributed by atoms with Crippen LogP contribution >= 0.6 is 0 Å². The zero-order chi connectivity index (χ0) is 12.8. The number of carbonyl (C=O) groups excluding carboxylic acids is 1. The standard InChI is InChI=1S/C12H19NO4/c1-3-5-17-12(16)13-7-9(4-2)6-10(8-13)11(14)15/h3,9-10H,1,4-8H2,2H3,(H,14,15). The molecule has 5 heteroatoms. The van der Waals surface area contributed by atoms with Crippen molar-refractivity contribution >= 4 is 12.1 Å². The van der Waals surface area contributed by atoms with Gasteiger partial charge in [-0.15, -0.1) is 0 Å². The number of amides is 1. The summed E-state index contributed by atoms with van der Waals surface area (Å²) in [5.41, 5.74) is 0. The van der Waals surface area contributed by atoms with Gasteiger partial charge in [0.05, 0.1) is 5.92 Å². The Morgan fingerprint density at radius 2 is 2.24 bits per heavy atom. The lowest BCUT2D eigenvalue weighted by Crippen LogP contribution is -2.46. The molecule has 5 nitrogen and oxygen atoms in total. The average Bonchev–Trinajstić information content (AvgIpc) is 2.35. The third kappa shape index (κ3) is 3.76. The summed E-state index contributed by atoms with van der Waals surface area (Å²) in [4.78, 5) is 24.1. The molecule has 0 aromatic carbocycles. The first-order chi connectivity index (χ1) is 8.08. The zero-order valence-electron chi connectivity index (χ0n) is 10.1. The van der Waals surface area contributed by atoms with Crippen LogP contribution in [0.4, 0.5) is 4.79 Å². The normalized spacial score (nSPS) is 24.2. The molecule has 0 spiro atoms. The highest BCUT2D eigenvalue weighted by Gasteiger charge is 2.33. The summed E-state index contributed by atoms with van der Waals surface area (Å²) >= 11 is 0. The second kappa shape index (κ2) is 6.27. The fourth-order valence-corrected chi connectivity index (χ4v) is 2.05. The number of likely N-dealkylation sites (tertiary alicyclic amines) is 1. The van der Waals surface area contributed by atoms with E-state index >= 15 is 0 Å². The molecule has 1 fully saturated rings. The Bertz CT molecular complexity index is 303. The number of carboxylic acid groups (broad SMARTS) is 1. The highest BCUT2D eigenvalue weighted by Crippen LogP contribution is 2.24. The number of hydrogen-bond donors (Lipinski definition) is 1. The molecule has 0 saturated carbocycles. The van der Waals surface area contributed by atoms with Gasteiger partial charge in [-0.2, -0.15) is 0 Å². The Hall–Kier alpha value is -1.52. The number of rotatable bonds is 4. The van der Waals surface area contributed by atoms with Crippen LogP contribution < -0.4 is 0 Å². The van der Waals surface area contributed by atoms with Gasteiger partial charge in [-0.05, 0) is 12.3 Å². The summed E-state index contributed by atoms with van der Waals surface area (Å²) in [7, 11) is 0. The second-order valence-electron chi connectivity index (χ2n) is 4.32. The molecule has 2 unspecified atom stereocenters. The molecular formula is C12H19NO4. The molecule has 1 aliphatic heterocycles. The summed E-state index contributed by atoms with van der Waals surface area (Å²) in [6, 6.07) is 0. The third-order valence-electron chi connectivity index (χ3n) is 3.05. The van der Waals surface area contributed by atoms with E-state index in [9.17, 15) is 9.59 Å². The highest BCUT2D eigenvalue weighted by molar-refractivity contribution is 5.73. The summed E-state index contributed by atoms with van der Waals surface area (Å²) in [5, 5.41) is 9.03. The van der Waals surface area contributed by atoms with Gasteiger partial charge in [0.15, 0.2) is 0 Å². The van der Waals surface area contributed by atoms with Crippen LogP contribution in [-0.2, 0) is 9.53 Å². The fraction of sp³-hybridized carbons (Fsp3) is 0.667. The molecule has 96 valence electrons. The van der Waals surface area contributed by atoms with Gasteiger partial charge in [0.1, 0.15) is 6.61 Å². The topological polar surface area (TPSA) is 66.8 Å². The molecule has 2 atom stereocenters. The van der Waals surface area contributed by atoms with Crippen LogP contribution in [0.1, 0.15) is 19.8 Å². The Labute approximate surface area is 101 Å². The summed E-state index contributed by atoms with van der Waals surface area (Å²) < 4.78 is 4.93. The first kappa shape index (κ1) is 13.5. The van der Waals surface area contributed by atoms with Crippen molar-refractivity contribution < 1.29 is 19.4 Å². The van der Waals surface area contributed by atoms with Gasteiger partial charge in [0, 0.05) is 13.1 Å². The maximum absolute atomic E-state index is 11.6. The van der Waals surface area contributed by atoms with Crippen molar-refractivity contribution in [3.63, 3.8) is 0 Å². The quantitative estimate of drug-likeness (QED) is 0.761. The molecule has 1 saturated heterocycles. The van der Waals surface area contributed by atoms with E-state index in [4.69, 9.17) is 9.84 Å². The van der Waals surface area contributed by atoms with E-state index in [2.05, 4.69) is 6.58 Å². The predicted octanol–water partition coefficient (Wildman–Crippen LogP) is 1.74. The van der Waals surface area contributed by atoms with Crippen LogP contribution in [-0.4, -0.2) is 41.8 Å². The first-order valence-electron chi connectivity index (χ1n) is 5.83. The molecule has 0 aromatic rings. The van der Waals surface area contributed by atoms with E-state index in [1.165, 1.54) is 11.0 Å². The Kier molecular flexibility index (Phi) is 5.00. The fourth-order valence-electron chi connectivity index (χ4n) is 2.05. The van der Waals surface area contributed by atoms with Gasteiger partial charge in [0.2, 0.25) is 0 Å². The molecule has 0 radical (unpaired) electrons. The van der Waals surface area contributed by atoms with Crippen LogP contribution in [0.3, 0.4) is 0 Å². The number of nitrogens with zero attached hydrogens (tertiary/aromatic N) is 1. The molecule has 1 amide bonds. The van der Waals surface area contributed by atoms with Crippen molar-refractivity contribution in [1.82, 2.24) is 4.90 Å². The lowest BCUT2D eigenvalue weighted by Gasteiger charge is -2.34. The van der Waals surface area contributed by atoms with Crippen molar-refractivity contribution in [2.24, 2.45) is 11.8 Å². The van der Waals surface area contributed by atoms with E-state index in [0.717, 1.165) is 6.42 Å². The lowest BCUT2D eigenvalue weighted by molar-refractivity contribution is -0.144. The Morgan fingerprint density at radius 3 is 2.76 bits per heavy atom. The molecule has 0 aliphatic carbocycles. The highest BCUT2D eigenvalue weighted by atomic mass is 16.6. The Balaban J connectivity index is 2.61. The SMILES string of the molecule is C=CCOC(=O)N1CC(CC)CC(C(=O)O)C1. The number of carbonyl (C=O) groups is 2. The van der Waals surface area contributed by atoms with Crippen molar-refractivity contribution in [1.29, 1.82) is 0 Å². The second-order valence-corrected chi connectivity index (χ2v) is 4.32. The Morgan fingerprint density at radius 1 is 1.53 bits per heavy atom. The van der Waals surface area contributed by atoms with E-state index < -0.39 is 18.0 Å². The number of ether oxygens (including phenoxy) is 1. The van der Waals surface area contributed by atoms with Gasteiger partial charge < -0.3 is 14.7 Å². The molecule has 1 N–H and O–H groups in total. The van der Waals surface area contributed by atoms with Gasteiger partial charge in [-0.25, -0.2) is 4.79 Å². The third-order valence-corrected chi connectivity index (χ3v) is 3.05. The number of hydrogen-bond acceptors (Lipinski definition) is 3. The van der Waals surface area contributed by atoms with Gasteiger partial charge in [-0.1, -0.05) is 26.0 Å². The molecule has 1 aliphatic rings. The lowest BCUT2D eigenvalue weighted by atomic mass is 9.88. The summed E-state index contributed by atoms with van der Waals surface area (Å²) in [5.74, 6) is -1.09. The van der Waals surface area contributed by atoms with Crippen LogP contribution in [0.2, 0.25) is 0 Å². The maximum atomic E-state index is 11.6. The average molecular weight is 241 g/mol. The molecule has 17 heavy (non-hydrogen) atoms. The van der Waals surface area contributed by atoms with Crippen LogP contribution in [0.25, 0.3) is 0 Å². The van der Waals surface area contributed by atoms with Crippen molar-refractivity contribution in [2.75, 3.05) is 19.7 Å². The first-order valence-corrected chi connectivity index (χ1v) is 5.83. The molecule has 0 bridgehead atoms. The van der Waals surface area contributed by atoms with Crippen molar-refractivity contribution in [3.8, 4) is 0 Å². The van der Waals surface area contributed by atoms with Crippen LogP contribution in [0.15, 0.2) is 12.7 Å². The summed E-state index contributed by atoms with van der Waals surface area (Å²) in [6.45, 7) is 6.44.